The number of carboxylic acid groups (broad SMARTS) is 1. The normalized spacial score (nSPS) is 20.4. The predicted molar refractivity (Wildman–Crippen MR) is 79.9 cm³/mol. The molecule has 1 heterocycles. The van der Waals surface area contributed by atoms with Crippen molar-refractivity contribution in [2.45, 2.75) is 24.3 Å². The number of halogens is 1. The highest BCUT2D eigenvalue weighted by Crippen LogP contribution is 2.26. The van der Waals surface area contributed by atoms with Crippen molar-refractivity contribution < 1.29 is 23.1 Å². The van der Waals surface area contributed by atoms with Crippen LogP contribution in [0.25, 0.3) is 0 Å². The molecule has 21 heavy (non-hydrogen) atoms. The standard InChI is InChI=1S/C13H16BrNO5S/c1-2-9-8-20-6-5-15(9)21(18,19)10-3-4-12(14)11(7-10)13(16)17/h3-4,7,9H,2,5-6,8H2,1H3,(H,16,17). The van der Waals surface area contributed by atoms with Crippen LogP contribution in [0.1, 0.15) is 23.7 Å². The Hall–Kier alpha value is -0.960. The van der Waals surface area contributed by atoms with Crippen molar-refractivity contribution in [1.29, 1.82) is 0 Å². The van der Waals surface area contributed by atoms with Crippen LogP contribution in [-0.2, 0) is 14.8 Å². The third-order valence-electron chi connectivity index (χ3n) is 3.42. The molecule has 0 radical (unpaired) electrons. The Kier molecular flexibility index (Phi) is 5.03. The number of rotatable bonds is 4. The lowest BCUT2D eigenvalue weighted by Gasteiger charge is -2.34. The second-order valence-corrected chi connectivity index (χ2v) is 7.44. The van der Waals surface area contributed by atoms with Crippen molar-refractivity contribution in [2.75, 3.05) is 19.8 Å². The van der Waals surface area contributed by atoms with Crippen molar-refractivity contribution in [3.05, 3.63) is 28.2 Å². The van der Waals surface area contributed by atoms with Crippen LogP contribution in [0, 0.1) is 0 Å². The van der Waals surface area contributed by atoms with Gasteiger partial charge in [0.05, 0.1) is 23.7 Å². The van der Waals surface area contributed by atoms with Crippen LogP contribution in [0.15, 0.2) is 27.6 Å². The average molecular weight is 378 g/mol. The van der Waals surface area contributed by atoms with Gasteiger partial charge in [-0.15, -0.1) is 0 Å². The molecule has 1 aromatic carbocycles. The van der Waals surface area contributed by atoms with Crippen molar-refractivity contribution in [2.24, 2.45) is 0 Å². The molecule has 1 N–H and O–H groups in total. The molecule has 0 amide bonds. The molecule has 8 heteroatoms. The quantitative estimate of drug-likeness (QED) is 0.866. The van der Waals surface area contributed by atoms with Gasteiger partial charge < -0.3 is 9.84 Å². The van der Waals surface area contributed by atoms with Gasteiger partial charge in [-0.1, -0.05) is 6.92 Å². The van der Waals surface area contributed by atoms with E-state index >= 15 is 0 Å². The molecule has 0 bridgehead atoms. The molecule has 1 aliphatic rings. The minimum atomic E-state index is -3.73. The fourth-order valence-corrected chi connectivity index (χ4v) is 4.35. The maximum absolute atomic E-state index is 12.7. The van der Waals surface area contributed by atoms with E-state index in [1.165, 1.54) is 22.5 Å². The predicted octanol–water partition coefficient (Wildman–Crippen LogP) is 1.95. The zero-order valence-corrected chi connectivity index (χ0v) is 13.9. The van der Waals surface area contributed by atoms with Gasteiger partial charge in [0.2, 0.25) is 10.0 Å². The molecule has 1 unspecified atom stereocenters. The fourth-order valence-electron chi connectivity index (χ4n) is 2.24. The van der Waals surface area contributed by atoms with Crippen LogP contribution in [-0.4, -0.2) is 49.6 Å². The molecule has 1 aromatic rings. The summed E-state index contributed by atoms with van der Waals surface area (Å²) in [6.45, 7) is 2.88. The van der Waals surface area contributed by atoms with E-state index in [1.54, 1.807) is 0 Å². The highest BCUT2D eigenvalue weighted by Gasteiger charge is 2.33. The summed E-state index contributed by atoms with van der Waals surface area (Å²) < 4.78 is 32.5. The Bertz CT molecular complexity index is 646. The number of aromatic carboxylic acids is 1. The van der Waals surface area contributed by atoms with Crippen LogP contribution >= 0.6 is 15.9 Å². The number of sulfonamides is 1. The molecular weight excluding hydrogens is 362 g/mol. The lowest BCUT2D eigenvalue weighted by Crippen LogP contribution is -2.48. The van der Waals surface area contributed by atoms with Gasteiger partial charge in [0.25, 0.3) is 0 Å². The number of hydrogen-bond acceptors (Lipinski definition) is 4. The van der Waals surface area contributed by atoms with Gasteiger partial charge in [-0.2, -0.15) is 4.31 Å². The van der Waals surface area contributed by atoms with Crippen molar-refractivity contribution >= 4 is 31.9 Å². The second-order valence-electron chi connectivity index (χ2n) is 4.70. The Balaban J connectivity index is 2.43. The Morgan fingerprint density at radius 3 is 2.86 bits per heavy atom. The van der Waals surface area contributed by atoms with E-state index in [4.69, 9.17) is 9.84 Å². The van der Waals surface area contributed by atoms with Gasteiger partial charge in [0.15, 0.2) is 0 Å². The van der Waals surface area contributed by atoms with E-state index in [2.05, 4.69) is 15.9 Å². The van der Waals surface area contributed by atoms with E-state index in [-0.39, 0.29) is 23.0 Å². The highest BCUT2D eigenvalue weighted by molar-refractivity contribution is 9.10. The number of morpholine rings is 1. The van der Waals surface area contributed by atoms with E-state index in [0.717, 1.165) is 0 Å². The summed E-state index contributed by atoms with van der Waals surface area (Å²) in [4.78, 5) is 11.1. The zero-order valence-electron chi connectivity index (χ0n) is 11.5. The summed E-state index contributed by atoms with van der Waals surface area (Å²) >= 11 is 3.11. The second kappa shape index (κ2) is 6.43. The SMILES string of the molecule is CCC1COCCN1S(=O)(=O)c1ccc(Br)c(C(=O)O)c1. The van der Waals surface area contributed by atoms with Crippen molar-refractivity contribution in [3.63, 3.8) is 0 Å². The molecule has 0 aliphatic carbocycles. The molecule has 1 aliphatic heterocycles. The summed E-state index contributed by atoms with van der Waals surface area (Å²) in [6.07, 6.45) is 0.640. The topological polar surface area (TPSA) is 83.9 Å². The first-order chi connectivity index (χ1) is 9.87. The summed E-state index contributed by atoms with van der Waals surface area (Å²) in [5.41, 5.74) is -0.0719. The lowest BCUT2D eigenvalue weighted by molar-refractivity contribution is 0.0314. The Morgan fingerprint density at radius 1 is 1.52 bits per heavy atom. The molecular formula is C13H16BrNO5S. The minimum Gasteiger partial charge on any atom is -0.478 e. The van der Waals surface area contributed by atoms with Crippen LogP contribution in [0.3, 0.4) is 0 Å². The largest absolute Gasteiger partial charge is 0.478 e. The van der Waals surface area contributed by atoms with Gasteiger partial charge in [-0.3, -0.25) is 0 Å². The Labute approximate surface area is 131 Å². The number of nitrogens with zero attached hydrogens (tertiary/aromatic N) is 1. The van der Waals surface area contributed by atoms with E-state index in [1.807, 2.05) is 6.92 Å². The summed E-state index contributed by atoms with van der Waals surface area (Å²) in [7, 11) is -3.73. The molecule has 6 nitrogen and oxygen atoms in total. The molecule has 1 fully saturated rings. The summed E-state index contributed by atoms with van der Waals surface area (Å²) in [6, 6.07) is 3.82. The molecule has 1 saturated heterocycles. The third kappa shape index (κ3) is 3.28. The van der Waals surface area contributed by atoms with Crippen molar-refractivity contribution in [1.82, 2.24) is 4.31 Å². The third-order valence-corrected chi connectivity index (χ3v) is 6.06. The maximum atomic E-state index is 12.7. The summed E-state index contributed by atoms with van der Waals surface area (Å²) in [5, 5.41) is 9.11. The highest BCUT2D eigenvalue weighted by atomic mass is 79.9. The molecule has 0 saturated carbocycles. The van der Waals surface area contributed by atoms with E-state index in [0.29, 0.717) is 24.1 Å². The van der Waals surface area contributed by atoms with Gasteiger partial charge in [-0.25, -0.2) is 13.2 Å². The first kappa shape index (κ1) is 16.4. The number of carbonyl (C=O) groups is 1. The van der Waals surface area contributed by atoms with E-state index < -0.39 is 16.0 Å². The van der Waals surface area contributed by atoms with Gasteiger partial charge in [-0.05, 0) is 40.5 Å². The maximum Gasteiger partial charge on any atom is 0.336 e. The van der Waals surface area contributed by atoms with Crippen LogP contribution in [0.2, 0.25) is 0 Å². The van der Waals surface area contributed by atoms with Crippen LogP contribution < -0.4 is 0 Å². The van der Waals surface area contributed by atoms with Gasteiger partial charge >= 0.3 is 5.97 Å². The molecule has 0 spiro atoms. The number of carboxylic acids is 1. The number of benzene rings is 1. The smallest absolute Gasteiger partial charge is 0.336 e. The minimum absolute atomic E-state index is 0.0107. The molecule has 2 rings (SSSR count). The number of hydrogen-bond donors (Lipinski definition) is 1. The first-order valence-corrected chi connectivity index (χ1v) is 8.73. The zero-order chi connectivity index (χ0) is 15.6. The average Bonchev–Trinajstić information content (AvgIpc) is 2.47. The molecule has 0 aromatic heterocycles. The lowest BCUT2D eigenvalue weighted by atomic mass is 10.2. The Morgan fingerprint density at radius 2 is 2.24 bits per heavy atom. The first-order valence-electron chi connectivity index (χ1n) is 6.50. The van der Waals surface area contributed by atoms with Crippen LogP contribution in [0.4, 0.5) is 0 Å². The fraction of sp³-hybridized carbons (Fsp3) is 0.462. The monoisotopic (exact) mass is 377 g/mol. The van der Waals surface area contributed by atoms with Crippen LogP contribution in [0.5, 0.6) is 0 Å². The number of ether oxygens (including phenoxy) is 1. The molecule has 1 atom stereocenters. The van der Waals surface area contributed by atoms with E-state index in [9.17, 15) is 13.2 Å². The van der Waals surface area contributed by atoms with Gasteiger partial charge in [0.1, 0.15) is 0 Å². The van der Waals surface area contributed by atoms with Gasteiger partial charge in [0, 0.05) is 17.1 Å². The van der Waals surface area contributed by atoms with Crippen molar-refractivity contribution in [3.8, 4) is 0 Å². The summed E-state index contributed by atoms with van der Waals surface area (Å²) in [5.74, 6) is -1.17. The molecule has 116 valence electrons.